The van der Waals surface area contributed by atoms with Crippen molar-refractivity contribution < 1.29 is 14.4 Å². The minimum Gasteiger partial charge on any atom is -0.373 e. The molecule has 10 heavy (non-hydrogen) atoms. The van der Waals surface area contributed by atoms with E-state index in [1.54, 1.807) is 0 Å². The van der Waals surface area contributed by atoms with Crippen molar-refractivity contribution in [1.82, 2.24) is 5.32 Å². The lowest BCUT2D eigenvalue weighted by Gasteiger charge is -1.96. The van der Waals surface area contributed by atoms with Gasteiger partial charge in [0.05, 0.1) is 6.42 Å². The fourth-order valence-electron chi connectivity index (χ4n) is 0.400. The highest BCUT2D eigenvalue weighted by molar-refractivity contribution is 5.80. The molecule has 0 atom stereocenters. The standard InChI is InChI=1S/C5H10N2O3/c1-7-4(8)2-3-5(9)10-6/h2-3,6H2,1H3,(H,7,8). The van der Waals surface area contributed by atoms with Crippen LogP contribution in [0, 0.1) is 0 Å². The highest BCUT2D eigenvalue weighted by atomic mass is 16.7. The van der Waals surface area contributed by atoms with Gasteiger partial charge in [-0.25, -0.2) is 0 Å². The third-order valence-corrected chi connectivity index (χ3v) is 0.966. The minimum atomic E-state index is -0.580. The van der Waals surface area contributed by atoms with Gasteiger partial charge in [0, 0.05) is 13.5 Å². The number of hydrogen-bond donors (Lipinski definition) is 2. The van der Waals surface area contributed by atoms with Crippen LogP contribution >= 0.6 is 0 Å². The molecular formula is C5H10N2O3. The highest BCUT2D eigenvalue weighted by Gasteiger charge is 2.04. The van der Waals surface area contributed by atoms with Crippen molar-refractivity contribution in [3.63, 3.8) is 0 Å². The van der Waals surface area contributed by atoms with Gasteiger partial charge < -0.3 is 10.2 Å². The van der Waals surface area contributed by atoms with Crippen LogP contribution in [0.2, 0.25) is 0 Å². The number of amides is 1. The molecule has 0 radical (unpaired) electrons. The molecule has 0 aromatic carbocycles. The second-order valence-electron chi connectivity index (χ2n) is 1.66. The van der Waals surface area contributed by atoms with Gasteiger partial charge in [-0.2, -0.15) is 5.90 Å². The zero-order chi connectivity index (χ0) is 7.98. The molecule has 0 aliphatic rings. The van der Waals surface area contributed by atoms with Crippen molar-refractivity contribution in [1.29, 1.82) is 0 Å². The molecule has 0 aromatic heterocycles. The first-order valence-corrected chi connectivity index (χ1v) is 2.81. The third-order valence-electron chi connectivity index (χ3n) is 0.966. The maximum Gasteiger partial charge on any atom is 0.324 e. The van der Waals surface area contributed by atoms with Crippen LogP contribution in [0.15, 0.2) is 0 Å². The monoisotopic (exact) mass is 146 g/mol. The van der Waals surface area contributed by atoms with Crippen LogP contribution in [0.25, 0.3) is 0 Å². The van der Waals surface area contributed by atoms with E-state index < -0.39 is 5.97 Å². The summed E-state index contributed by atoms with van der Waals surface area (Å²) < 4.78 is 0. The first kappa shape index (κ1) is 8.90. The Balaban J connectivity index is 3.35. The maximum atomic E-state index is 10.5. The van der Waals surface area contributed by atoms with Crippen molar-refractivity contribution in [3.05, 3.63) is 0 Å². The zero-order valence-electron chi connectivity index (χ0n) is 5.72. The topological polar surface area (TPSA) is 81.4 Å². The van der Waals surface area contributed by atoms with Crippen LogP contribution in [-0.2, 0) is 14.4 Å². The molecule has 3 N–H and O–H groups in total. The SMILES string of the molecule is CNC(=O)CCC(=O)ON. The zero-order valence-corrected chi connectivity index (χ0v) is 5.72. The van der Waals surface area contributed by atoms with E-state index in [0.29, 0.717) is 0 Å². The smallest absolute Gasteiger partial charge is 0.324 e. The molecule has 5 heteroatoms. The number of carbonyl (C=O) groups excluding carboxylic acids is 2. The Bertz CT molecular complexity index is 119. The summed E-state index contributed by atoms with van der Waals surface area (Å²) in [5.74, 6) is 3.74. The molecule has 1 amide bonds. The first-order valence-electron chi connectivity index (χ1n) is 2.81. The Kier molecular flexibility index (Phi) is 4.23. The van der Waals surface area contributed by atoms with Gasteiger partial charge in [-0.3, -0.25) is 9.59 Å². The third kappa shape index (κ3) is 3.85. The van der Waals surface area contributed by atoms with E-state index in [0.717, 1.165) is 0 Å². The van der Waals surface area contributed by atoms with Crippen LogP contribution in [0.5, 0.6) is 0 Å². The molecule has 58 valence electrons. The molecule has 0 spiro atoms. The van der Waals surface area contributed by atoms with Crippen LogP contribution in [0.3, 0.4) is 0 Å². The molecule has 5 nitrogen and oxygen atoms in total. The van der Waals surface area contributed by atoms with Crippen LogP contribution < -0.4 is 11.2 Å². The summed E-state index contributed by atoms with van der Waals surface area (Å²) in [5, 5.41) is 2.36. The quantitative estimate of drug-likeness (QED) is 0.497. The van der Waals surface area contributed by atoms with Crippen molar-refractivity contribution in [2.75, 3.05) is 7.05 Å². The van der Waals surface area contributed by atoms with Crippen molar-refractivity contribution in [2.45, 2.75) is 12.8 Å². The number of carbonyl (C=O) groups is 2. The highest BCUT2D eigenvalue weighted by Crippen LogP contribution is 1.88. The number of nitrogens with two attached hydrogens (primary N) is 1. The van der Waals surface area contributed by atoms with E-state index in [-0.39, 0.29) is 18.7 Å². The molecule has 0 aromatic rings. The molecule has 0 unspecified atom stereocenters. The number of nitrogens with one attached hydrogen (secondary N) is 1. The molecule has 0 aliphatic carbocycles. The lowest BCUT2D eigenvalue weighted by atomic mass is 10.3. The lowest BCUT2D eigenvalue weighted by molar-refractivity contribution is -0.145. The second-order valence-corrected chi connectivity index (χ2v) is 1.66. The summed E-state index contributed by atoms with van der Waals surface area (Å²) in [7, 11) is 1.50. The molecule has 0 aliphatic heterocycles. The van der Waals surface area contributed by atoms with Gasteiger partial charge in [-0.1, -0.05) is 0 Å². The first-order chi connectivity index (χ1) is 4.70. The Morgan fingerprint density at radius 3 is 2.50 bits per heavy atom. The van der Waals surface area contributed by atoms with E-state index in [2.05, 4.69) is 16.1 Å². The largest absolute Gasteiger partial charge is 0.373 e. The predicted molar refractivity (Wildman–Crippen MR) is 33.6 cm³/mol. The molecule has 0 rings (SSSR count). The Morgan fingerprint density at radius 2 is 2.10 bits per heavy atom. The summed E-state index contributed by atoms with van der Waals surface area (Å²) in [6, 6.07) is 0. The normalized spacial score (nSPS) is 8.60. The number of hydrogen-bond acceptors (Lipinski definition) is 4. The van der Waals surface area contributed by atoms with E-state index in [1.165, 1.54) is 7.05 Å². The summed E-state index contributed by atoms with van der Waals surface area (Å²) in [4.78, 5) is 24.6. The fourth-order valence-corrected chi connectivity index (χ4v) is 0.400. The maximum absolute atomic E-state index is 10.5. The van der Waals surface area contributed by atoms with E-state index in [9.17, 15) is 9.59 Å². The summed E-state index contributed by atoms with van der Waals surface area (Å²) in [6.07, 6.45) is 0.142. The van der Waals surface area contributed by atoms with E-state index >= 15 is 0 Å². The van der Waals surface area contributed by atoms with Gasteiger partial charge in [-0.15, -0.1) is 0 Å². The van der Waals surface area contributed by atoms with Crippen LogP contribution in [-0.4, -0.2) is 18.9 Å². The second kappa shape index (κ2) is 4.75. The summed E-state index contributed by atoms with van der Waals surface area (Å²) >= 11 is 0. The van der Waals surface area contributed by atoms with Gasteiger partial charge in [0.15, 0.2) is 0 Å². The van der Waals surface area contributed by atoms with Gasteiger partial charge in [0.2, 0.25) is 5.91 Å². The van der Waals surface area contributed by atoms with Crippen LogP contribution in [0.4, 0.5) is 0 Å². The average molecular weight is 146 g/mol. The van der Waals surface area contributed by atoms with Crippen molar-refractivity contribution in [3.8, 4) is 0 Å². The molecule has 0 heterocycles. The molecule has 0 saturated carbocycles. The van der Waals surface area contributed by atoms with E-state index in [4.69, 9.17) is 0 Å². The Hall–Kier alpha value is -1.10. The predicted octanol–water partition coefficient (Wildman–Crippen LogP) is -1.07. The number of rotatable bonds is 3. The lowest BCUT2D eigenvalue weighted by Crippen LogP contribution is -2.20. The van der Waals surface area contributed by atoms with Gasteiger partial charge in [0.1, 0.15) is 0 Å². The van der Waals surface area contributed by atoms with E-state index in [1.807, 2.05) is 0 Å². The Morgan fingerprint density at radius 1 is 1.50 bits per heavy atom. The summed E-state index contributed by atoms with van der Waals surface area (Å²) in [5.41, 5.74) is 0. The van der Waals surface area contributed by atoms with Crippen molar-refractivity contribution >= 4 is 11.9 Å². The molecule has 0 bridgehead atoms. The average Bonchev–Trinajstić information content (AvgIpc) is 1.99. The molecular weight excluding hydrogens is 136 g/mol. The minimum absolute atomic E-state index is 0.0240. The molecule has 0 fully saturated rings. The van der Waals surface area contributed by atoms with Gasteiger partial charge >= 0.3 is 5.97 Å². The Labute approximate surface area is 58.5 Å². The fraction of sp³-hybridized carbons (Fsp3) is 0.600. The van der Waals surface area contributed by atoms with Crippen LogP contribution in [0.1, 0.15) is 12.8 Å². The van der Waals surface area contributed by atoms with Gasteiger partial charge in [-0.05, 0) is 0 Å². The molecule has 0 saturated heterocycles. The summed E-state index contributed by atoms with van der Waals surface area (Å²) in [6.45, 7) is 0. The van der Waals surface area contributed by atoms with Crippen molar-refractivity contribution in [2.24, 2.45) is 5.90 Å². The van der Waals surface area contributed by atoms with Gasteiger partial charge in [0.25, 0.3) is 0 Å².